The van der Waals surface area contributed by atoms with Crippen molar-refractivity contribution in [1.29, 1.82) is 0 Å². The number of hydrogen-bond donors (Lipinski definition) is 0. The van der Waals surface area contributed by atoms with Crippen LogP contribution in [0.3, 0.4) is 0 Å². The molecule has 21 heavy (non-hydrogen) atoms. The Kier molecular flexibility index (Phi) is 3.29. The first kappa shape index (κ1) is 13.8. The quantitative estimate of drug-likeness (QED) is 0.775. The fraction of sp³-hybridized carbons (Fsp3) is 0.267. The topological polar surface area (TPSA) is 77.5 Å². The molecule has 0 saturated heterocycles. The van der Waals surface area contributed by atoms with E-state index in [9.17, 15) is 19.5 Å². The highest BCUT2D eigenvalue weighted by molar-refractivity contribution is 6.35. The van der Waals surface area contributed by atoms with E-state index < -0.39 is 5.97 Å². The van der Waals surface area contributed by atoms with Crippen LogP contribution in [0.25, 0.3) is 0 Å². The Labute approximate surface area is 125 Å². The number of aromatic carboxylic acids is 1. The van der Waals surface area contributed by atoms with Gasteiger partial charge in [-0.15, -0.1) is 0 Å². The van der Waals surface area contributed by atoms with Crippen molar-refractivity contribution >= 4 is 35.1 Å². The number of imide groups is 1. The van der Waals surface area contributed by atoms with Crippen molar-refractivity contribution in [2.75, 3.05) is 4.90 Å². The molecule has 2 aliphatic rings. The molecule has 0 radical (unpaired) electrons. The minimum atomic E-state index is -1.40. The first-order valence-corrected chi connectivity index (χ1v) is 7.00. The van der Waals surface area contributed by atoms with Gasteiger partial charge in [-0.25, -0.2) is 4.90 Å². The highest BCUT2D eigenvalue weighted by atomic mass is 35.5. The van der Waals surface area contributed by atoms with Gasteiger partial charge in [0.05, 0.1) is 16.7 Å². The molecule has 1 aliphatic carbocycles. The lowest BCUT2D eigenvalue weighted by molar-refractivity contribution is -0.255. The van der Waals surface area contributed by atoms with Gasteiger partial charge in [-0.3, -0.25) is 9.59 Å². The molecule has 108 valence electrons. The fourth-order valence-electron chi connectivity index (χ4n) is 2.78. The zero-order valence-corrected chi connectivity index (χ0v) is 11.8. The summed E-state index contributed by atoms with van der Waals surface area (Å²) >= 11 is 5.87. The third-order valence-corrected chi connectivity index (χ3v) is 4.13. The molecule has 0 aromatic heterocycles. The molecule has 6 heteroatoms. The Bertz CT molecular complexity index is 680. The van der Waals surface area contributed by atoms with Gasteiger partial charge in [0.2, 0.25) is 0 Å². The van der Waals surface area contributed by atoms with E-state index in [0.29, 0.717) is 24.0 Å². The van der Waals surface area contributed by atoms with Crippen molar-refractivity contribution < 1.29 is 19.5 Å². The van der Waals surface area contributed by atoms with Gasteiger partial charge in [-0.05, 0) is 43.9 Å². The summed E-state index contributed by atoms with van der Waals surface area (Å²) in [5, 5.41) is 10.8. The number of carboxylic acids is 1. The molecule has 1 aromatic carbocycles. The zero-order valence-electron chi connectivity index (χ0n) is 11.0. The lowest BCUT2D eigenvalue weighted by Gasteiger charge is -2.16. The molecule has 5 nitrogen and oxygen atoms in total. The molecule has 0 atom stereocenters. The number of hydrogen-bond acceptors (Lipinski definition) is 4. The molecule has 1 aliphatic heterocycles. The average Bonchev–Trinajstić information content (AvgIpc) is 2.71. The molecule has 1 heterocycles. The third kappa shape index (κ3) is 2.14. The maximum atomic E-state index is 12.4. The van der Waals surface area contributed by atoms with E-state index >= 15 is 0 Å². The van der Waals surface area contributed by atoms with Crippen LogP contribution in [0.4, 0.5) is 5.69 Å². The number of nitrogens with zero attached hydrogens (tertiary/aromatic N) is 1. The second-order valence-electron chi connectivity index (χ2n) is 5.06. The Morgan fingerprint density at radius 2 is 1.67 bits per heavy atom. The largest absolute Gasteiger partial charge is 0.545 e. The average molecular weight is 305 g/mol. The van der Waals surface area contributed by atoms with Gasteiger partial charge >= 0.3 is 0 Å². The predicted molar refractivity (Wildman–Crippen MR) is 73.8 cm³/mol. The molecule has 0 saturated carbocycles. The van der Waals surface area contributed by atoms with Crippen molar-refractivity contribution in [3.8, 4) is 0 Å². The molecule has 1 aromatic rings. The van der Waals surface area contributed by atoms with Crippen LogP contribution < -0.4 is 10.0 Å². The number of rotatable bonds is 2. The number of benzene rings is 1. The van der Waals surface area contributed by atoms with Crippen molar-refractivity contribution in [3.63, 3.8) is 0 Å². The number of carboxylic acid groups (broad SMARTS) is 1. The van der Waals surface area contributed by atoms with Crippen LogP contribution in [-0.4, -0.2) is 17.8 Å². The van der Waals surface area contributed by atoms with Crippen LogP contribution in [-0.2, 0) is 9.59 Å². The smallest absolute Gasteiger partial charge is 0.261 e. The Balaban J connectivity index is 1.99. The lowest BCUT2D eigenvalue weighted by atomic mass is 9.93. The molecular weight excluding hydrogens is 294 g/mol. The van der Waals surface area contributed by atoms with Gasteiger partial charge in [0, 0.05) is 16.7 Å². The van der Waals surface area contributed by atoms with Gasteiger partial charge in [0.15, 0.2) is 0 Å². The normalized spacial score (nSPS) is 18.2. The van der Waals surface area contributed by atoms with E-state index in [2.05, 4.69) is 0 Å². The summed E-state index contributed by atoms with van der Waals surface area (Å²) in [6.07, 6.45) is 3.02. The van der Waals surface area contributed by atoms with E-state index in [1.807, 2.05) is 0 Å². The van der Waals surface area contributed by atoms with Crippen molar-refractivity contribution in [2.24, 2.45) is 0 Å². The van der Waals surface area contributed by atoms with Gasteiger partial charge < -0.3 is 9.90 Å². The number of halogens is 1. The van der Waals surface area contributed by atoms with Crippen LogP contribution in [0.2, 0.25) is 5.02 Å². The van der Waals surface area contributed by atoms with E-state index in [-0.39, 0.29) is 28.1 Å². The number of anilines is 1. The van der Waals surface area contributed by atoms with Crippen molar-refractivity contribution in [1.82, 2.24) is 0 Å². The highest BCUT2D eigenvalue weighted by Crippen LogP contribution is 2.36. The van der Waals surface area contributed by atoms with Crippen LogP contribution in [0, 0.1) is 0 Å². The molecule has 2 amide bonds. The van der Waals surface area contributed by atoms with Crippen LogP contribution >= 0.6 is 11.6 Å². The number of carbonyl (C=O) groups excluding carboxylic acids is 3. The molecule has 0 N–H and O–H groups in total. The predicted octanol–water partition coefficient (Wildman–Crippen LogP) is 1.45. The fourth-order valence-corrected chi connectivity index (χ4v) is 3.03. The first-order chi connectivity index (χ1) is 10.0. The highest BCUT2D eigenvalue weighted by Gasteiger charge is 2.39. The molecular formula is C15H11ClNO4-. The van der Waals surface area contributed by atoms with Crippen LogP contribution in [0.15, 0.2) is 29.3 Å². The van der Waals surface area contributed by atoms with Crippen molar-refractivity contribution in [3.05, 3.63) is 39.9 Å². The van der Waals surface area contributed by atoms with E-state index in [4.69, 9.17) is 11.6 Å². The standard InChI is InChI=1S/C15H12ClNO4/c16-12-7-8(5-6-11(12)15(20)21)17-13(18)9-3-1-2-4-10(9)14(17)19/h5-7H,1-4H2,(H,20,21)/p-1. The second-order valence-corrected chi connectivity index (χ2v) is 5.47. The van der Waals surface area contributed by atoms with E-state index in [0.717, 1.165) is 17.7 Å². The maximum Gasteiger partial charge on any atom is 0.261 e. The second kappa shape index (κ2) is 5.00. The molecule has 0 spiro atoms. The lowest BCUT2D eigenvalue weighted by Crippen LogP contribution is -2.31. The van der Waals surface area contributed by atoms with Crippen LogP contribution in [0.1, 0.15) is 36.0 Å². The monoisotopic (exact) mass is 304 g/mol. The molecule has 0 fully saturated rings. The van der Waals surface area contributed by atoms with Crippen LogP contribution in [0.5, 0.6) is 0 Å². The van der Waals surface area contributed by atoms with E-state index in [1.54, 1.807) is 0 Å². The van der Waals surface area contributed by atoms with E-state index in [1.165, 1.54) is 18.2 Å². The summed E-state index contributed by atoms with van der Waals surface area (Å²) in [6, 6.07) is 3.94. The third-order valence-electron chi connectivity index (χ3n) is 3.82. The Morgan fingerprint density at radius 3 is 2.14 bits per heavy atom. The minimum absolute atomic E-state index is 0.0574. The molecule has 0 unspecified atom stereocenters. The van der Waals surface area contributed by atoms with Gasteiger partial charge in [-0.2, -0.15) is 0 Å². The number of amides is 2. The SMILES string of the molecule is O=C([O-])c1ccc(N2C(=O)C3=C(CCCC3)C2=O)cc1Cl. The Hall–Kier alpha value is -2.14. The molecule has 0 bridgehead atoms. The summed E-state index contributed by atoms with van der Waals surface area (Å²) in [6.45, 7) is 0. The number of carbonyl (C=O) groups is 3. The summed E-state index contributed by atoms with van der Waals surface area (Å²) in [4.78, 5) is 36.6. The zero-order chi connectivity index (χ0) is 15.1. The van der Waals surface area contributed by atoms with Gasteiger partial charge in [0.1, 0.15) is 0 Å². The van der Waals surface area contributed by atoms with Gasteiger partial charge in [-0.1, -0.05) is 11.6 Å². The van der Waals surface area contributed by atoms with Crippen molar-refractivity contribution in [2.45, 2.75) is 25.7 Å². The minimum Gasteiger partial charge on any atom is -0.545 e. The summed E-state index contributed by atoms with van der Waals surface area (Å²) in [5.74, 6) is -2.05. The summed E-state index contributed by atoms with van der Waals surface area (Å²) in [7, 11) is 0. The maximum absolute atomic E-state index is 12.4. The Morgan fingerprint density at radius 1 is 1.10 bits per heavy atom. The van der Waals surface area contributed by atoms with Gasteiger partial charge in [0.25, 0.3) is 11.8 Å². The molecule has 3 rings (SSSR count). The first-order valence-electron chi connectivity index (χ1n) is 6.62. The summed E-state index contributed by atoms with van der Waals surface area (Å²) < 4.78 is 0. The summed E-state index contributed by atoms with van der Waals surface area (Å²) in [5.41, 5.74) is 1.27.